The predicted octanol–water partition coefficient (Wildman–Crippen LogP) is 2.65. The molecule has 1 saturated carbocycles. The Morgan fingerprint density at radius 1 is 1.28 bits per heavy atom. The second-order valence-corrected chi connectivity index (χ2v) is 6.11. The summed E-state index contributed by atoms with van der Waals surface area (Å²) < 4.78 is 0. The molecule has 1 fully saturated rings. The minimum absolute atomic E-state index is 0.325. The average Bonchev–Trinajstić information content (AvgIpc) is 2.39. The van der Waals surface area contributed by atoms with Gasteiger partial charge in [-0.3, -0.25) is 4.79 Å². The third-order valence-corrected chi connectivity index (χ3v) is 4.47. The van der Waals surface area contributed by atoms with Gasteiger partial charge in [-0.2, -0.15) is 0 Å². The quantitative estimate of drug-likeness (QED) is 0.792. The third kappa shape index (κ3) is 4.97. The van der Waals surface area contributed by atoms with Crippen molar-refractivity contribution in [2.75, 3.05) is 20.1 Å². The van der Waals surface area contributed by atoms with E-state index in [9.17, 15) is 4.79 Å². The minimum atomic E-state index is 0.325. The largest absolute Gasteiger partial charge is 0.345 e. The normalized spacial score (nSPS) is 25.8. The highest BCUT2D eigenvalue weighted by Gasteiger charge is 2.23. The Morgan fingerprint density at radius 3 is 2.33 bits per heavy atom. The van der Waals surface area contributed by atoms with Crippen LogP contribution in [0.5, 0.6) is 0 Å². The van der Waals surface area contributed by atoms with Crippen LogP contribution in [0.1, 0.15) is 52.4 Å². The zero-order valence-corrected chi connectivity index (χ0v) is 12.3. The van der Waals surface area contributed by atoms with Crippen LogP contribution < -0.4 is 5.73 Å². The van der Waals surface area contributed by atoms with Crippen molar-refractivity contribution in [3.8, 4) is 0 Å². The lowest BCUT2D eigenvalue weighted by Crippen LogP contribution is -2.33. The van der Waals surface area contributed by atoms with Crippen LogP contribution in [0.25, 0.3) is 0 Å². The summed E-state index contributed by atoms with van der Waals surface area (Å²) in [7, 11) is 1.94. The highest BCUT2D eigenvalue weighted by atomic mass is 16.2. The molecule has 0 aromatic carbocycles. The molecule has 1 amide bonds. The van der Waals surface area contributed by atoms with E-state index in [1.165, 1.54) is 25.7 Å². The standard InChI is InChI=1S/C15H30N2O/c1-4-12(2)11-17(3)15(18)9-13-5-7-14(10-16)8-6-13/h12-14H,4-11,16H2,1-3H3. The molecule has 18 heavy (non-hydrogen) atoms. The topological polar surface area (TPSA) is 46.3 Å². The van der Waals surface area contributed by atoms with Crippen LogP contribution in [-0.2, 0) is 4.79 Å². The molecule has 0 radical (unpaired) electrons. The van der Waals surface area contributed by atoms with Crippen molar-refractivity contribution in [3.63, 3.8) is 0 Å². The van der Waals surface area contributed by atoms with Crippen molar-refractivity contribution in [1.82, 2.24) is 4.90 Å². The second kappa shape index (κ2) is 7.78. The molecule has 0 spiro atoms. The summed E-state index contributed by atoms with van der Waals surface area (Å²) in [5.41, 5.74) is 5.69. The molecule has 1 aliphatic rings. The van der Waals surface area contributed by atoms with Crippen LogP contribution in [0, 0.1) is 17.8 Å². The lowest BCUT2D eigenvalue weighted by atomic mass is 9.80. The number of nitrogens with zero attached hydrogens (tertiary/aromatic N) is 1. The Morgan fingerprint density at radius 2 is 1.83 bits per heavy atom. The number of carbonyl (C=O) groups is 1. The molecule has 0 aromatic rings. The fraction of sp³-hybridized carbons (Fsp3) is 0.933. The number of carbonyl (C=O) groups excluding carboxylic acids is 1. The highest BCUT2D eigenvalue weighted by molar-refractivity contribution is 5.76. The first kappa shape index (κ1) is 15.5. The van der Waals surface area contributed by atoms with Crippen molar-refractivity contribution >= 4 is 5.91 Å². The molecule has 0 bridgehead atoms. The van der Waals surface area contributed by atoms with E-state index in [2.05, 4.69) is 13.8 Å². The van der Waals surface area contributed by atoms with Gasteiger partial charge in [0.25, 0.3) is 0 Å². The van der Waals surface area contributed by atoms with Gasteiger partial charge in [0.15, 0.2) is 0 Å². The van der Waals surface area contributed by atoms with Crippen molar-refractivity contribution in [2.45, 2.75) is 52.4 Å². The molecule has 1 rings (SSSR count). The SMILES string of the molecule is CCC(C)CN(C)C(=O)CC1CCC(CN)CC1. The molecule has 1 aliphatic carbocycles. The summed E-state index contributed by atoms with van der Waals surface area (Å²) in [6.45, 7) is 6.09. The fourth-order valence-electron chi connectivity index (χ4n) is 2.77. The molecule has 3 nitrogen and oxygen atoms in total. The van der Waals surface area contributed by atoms with Gasteiger partial charge >= 0.3 is 0 Å². The summed E-state index contributed by atoms with van der Waals surface area (Å²) in [4.78, 5) is 14.0. The number of nitrogens with two attached hydrogens (primary N) is 1. The van der Waals surface area contributed by atoms with Crippen LogP contribution in [0.15, 0.2) is 0 Å². The second-order valence-electron chi connectivity index (χ2n) is 6.11. The van der Waals surface area contributed by atoms with E-state index in [1.54, 1.807) is 0 Å². The molecule has 0 heterocycles. The van der Waals surface area contributed by atoms with E-state index < -0.39 is 0 Å². The molecular formula is C15H30N2O. The molecule has 3 heteroatoms. The maximum absolute atomic E-state index is 12.1. The maximum Gasteiger partial charge on any atom is 0.222 e. The zero-order chi connectivity index (χ0) is 13.5. The molecule has 1 unspecified atom stereocenters. The predicted molar refractivity (Wildman–Crippen MR) is 76.2 cm³/mol. The number of hydrogen-bond acceptors (Lipinski definition) is 2. The fourth-order valence-corrected chi connectivity index (χ4v) is 2.77. The van der Waals surface area contributed by atoms with Gasteiger partial charge in [0.2, 0.25) is 5.91 Å². The molecule has 0 aliphatic heterocycles. The molecule has 1 atom stereocenters. The third-order valence-electron chi connectivity index (χ3n) is 4.47. The molecule has 0 saturated heterocycles. The maximum atomic E-state index is 12.1. The van der Waals surface area contributed by atoms with Crippen LogP contribution in [-0.4, -0.2) is 30.9 Å². The van der Waals surface area contributed by atoms with Crippen LogP contribution >= 0.6 is 0 Å². The first-order chi connectivity index (χ1) is 8.56. The van der Waals surface area contributed by atoms with Crippen molar-refractivity contribution in [3.05, 3.63) is 0 Å². The first-order valence-electron chi connectivity index (χ1n) is 7.50. The lowest BCUT2D eigenvalue weighted by molar-refractivity contribution is -0.131. The van der Waals surface area contributed by atoms with Gasteiger partial charge in [-0.25, -0.2) is 0 Å². The number of amides is 1. The lowest BCUT2D eigenvalue weighted by Gasteiger charge is -2.29. The van der Waals surface area contributed by atoms with Gasteiger partial charge in [0, 0.05) is 20.0 Å². The highest BCUT2D eigenvalue weighted by Crippen LogP contribution is 2.30. The number of hydrogen-bond donors (Lipinski definition) is 1. The van der Waals surface area contributed by atoms with Gasteiger partial charge in [0.1, 0.15) is 0 Å². The minimum Gasteiger partial charge on any atom is -0.345 e. The molecule has 0 aromatic heterocycles. The van der Waals surface area contributed by atoms with Gasteiger partial charge < -0.3 is 10.6 Å². The number of rotatable bonds is 6. The van der Waals surface area contributed by atoms with E-state index >= 15 is 0 Å². The molecule has 2 N–H and O–H groups in total. The molecule has 106 valence electrons. The van der Waals surface area contributed by atoms with Crippen LogP contribution in [0.2, 0.25) is 0 Å². The van der Waals surface area contributed by atoms with E-state index in [0.717, 1.165) is 25.9 Å². The summed E-state index contributed by atoms with van der Waals surface area (Å²) >= 11 is 0. The Kier molecular flexibility index (Phi) is 6.69. The summed E-state index contributed by atoms with van der Waals surface area (Å²) in [5, 5.41) is 0. The van der Waals surface area contributed by atoms with E-state index in [0.29, 0.717) is 23.7 Å². The monoisotopic (exact) mass is 254 g/mol. The first-order valence-corrected chi connectivity index (χ1v) is 7.50. The average molecular weight is 254 g/mol. The summed E-state index contributed by atoms with van der Waals surface area (Å²) in [6.07, 6.45) is 6.67. The van der Waals surface area contributed by atoms with Crippen LogP contribution in [0.4, 0.5) is 0 Å². The Balaban J connectivity index is 2.27. The van der Waals surface area contributed by atoms with Gasteiger partial charge in [-0.1, -0.05) is 20.3 Å². The van der Waals surface area contributed by atoms with E-state index in [1.807, 2.05) is 11.9 Å². The smallest absolute Gasteiger partial charge is 0.222 e. The van der Waals surface area contributed by atoms with Gasteiger partial charge in [0.05, 0.1) is 0 Å². The zero-order valence-electron chi connectivity index (χ0n) is 12.3. The van der Waals surface area contributed by atoms with Crippen LogP contribution in [0.3, 0.4) is 0 Å². The Labute approximate surface area is 112 Å². The van der Waals surface area contributed by atoms with Crippen molar-refractivity contribution in [1.29, 1.82) is 0 Å². The summed E-state index contributed by atoms with van der Waals surface area (Å²) in [6, 6.07) is 0. The Bertz CT molecular complexity index is 247. The Hall–Kier alpha value is -0.570. The van der Waals surface area contributed by atoms with Crippen molar-refractivity contribution in [2.24, 2.45) is 23.5 Å². The van der Waals surface area contributed by atoms with Gasteiger partial charge in [-0.15, -0.1) is 0 Å². The molecular weight excluding hydrogens is 224 g/mol. The van der Waals surface area contributed by atoms with E-state index in [4.69, 9.17) is 5.73 Å². The summed E-state index contributed by atoms with van der Waals surface area (Å²) in [5.74, 6) is 2.23. The van der Waals surface area contributed by atoms with E-state index in [-0.39, 0.29) is 0 Å². The van der Waals surface area contributed by atoms with Crippen molar-refractivity contribution < 1.29 is 4.79 Å². The van der Waals surface area contributed by atoms with Gasteiger partial charge in [-0.05, 0) is 50.0 Å².